The number of aromatic nitrogens is 5. The van der Waals surface area contributed by atoms with Crippen LogP contribution in [0.3, 0.4) is 0 Å². The maximum atomic E-state index is 12.7. The number of nitrogens with one attached hydrogen (secondary N) is 1. The lowest BCUT2D eigenvalue weighted by atomic mass is 9.97. The molecule has 0 aromatic carbocycles. The fourth-order valence-electron chi connectivity index (χ4n) is 3.42. The van der Waals surface area contributed by atoms with Gasteiger partial charge in [0.05, 0.1) is 22.5 Å². The molecular formula is C18H20ClN7O. The van der Waals surface area contributed by atoms with Crippen molar-refractivity contribution in [2.24, 2.45) is 13.0 Å². The maximum absolute atomic E-state index is 12.7. The smallest absolute Gasteiger partial charge is 0.230 e. The number of fused-ring (bicyclic) bond motifs is 1. The number of rotatable bonds is 3. The summed E-state index contributed by atoms with van der Waals surface area (Å²) < 4.78 is 1.74. The van der Waals surface area contributed by atoms with E-state index < -0.39 is 0 Å². The molecule has 9 heteroatoms. The van der Waals surface area contributed by atoms with E-state index in [1.807, 2.05) is 14.0 Å². The Morgan fingerprint density at radius 1 is 1.30 bits per heavy atom. The van der Waals surface area contributed by atoms with Gasteiger partial charge in [0.25, 0.3) is 0 Å². The van der Waals surface area contributed by atoms with Crippen LogP contribution in [0, 0.1) is 12.8 Å². The molecule has 27 heavy (non-hydrogen) atoms. The number of nitrogens with zero attached hydrogens (tertiary/aromatic N) is 6. The van der Waals surface area contributed by atoms with E-state index in [-0.39, 0.29) is 11.8 Å². The van der Waals surface area contributed by atoms with Crippen molar-refractivity contribution in [3.63, 3.8) is 0 Å². The molecule has 4 rings (SSSR count). The SMILES string of the molecule is Cc1nc(N2CCC[C@H](C(=O)Nc3ccc(Cl)cn3)C2)c2cnn(C)c2n1. The maximum Gasteiger partial charge on any atom is 0.230 e. The van der Waals surface area contributed by atoms with E-state index in [1.165, 1.54) is 6.20 Å². The average Bonchev–Trinajstić information content (AvgIpc) is 3.04. The molecule has 0 saturated carbocycles. The van der Waals surface area contributed by atoms with Crippen molar-refractivity contribution in [1.29, 1.82) is 0 Å². The predicted octanol–water partition coefficient (Wildman–Crippen LogP) is 2.58. The van der Waals surface area contributed by atoms with Gasteiger partial charge in [-0.05, 0) is 31.9 Å². The van der Waals surface area contributed by atoms with Crippen molar-refractivity contribution in [3.05, 3.63) is 35.4 Å². The first-order valence-corrected chi connectivity index (χ1v) is 9.23. The minimum absolute atomic E-state index is 0.0391. The van der Waals surface area contributed by atoms with Crippen molar-refractivity contribution >= 4 is 40.2 Å². The molecule has 1 saturated heterocycles. The zero-order valence-electron chi connectivity index (χ0n) is 15.2. The number of carbonyl (C=O) groups excluding carboxylic acids is 1. The summed E-state index contributed by atoms with van der Waals surface area (Å²) in [5.74, 6) is 1.86. The highest BCUT2D eigenvalue weighted by molar-refractivity contribution is 6.30. The number of hydrogen-bond donors (Lipinski definition) is 1. The summed E-state index contributed by atoms with van der Waals surface area (Å²) in [4.78, 5) is 28.1. The van der Waals surface area contributed by atoms with Crippen LogP contribution in [0.4, 0.5) is 11.6 Å². The first-order chi connectivity index (χ1) is 13.0. The normalized spacial score (nSPS) is 17.3. The van der Waals surface area contributed by atoms with E-state index in [0.717, 1.165) is 36.2 Å². The summed E-state index contributed by atoms with van der Waals surface area (Å²) in [6, 6.07) is 3.41. The third-order valence-corrected chi connectivity index (χ3v) is 4.98. The molecule has 0 unspecified atom stereocenters. The monoisotopic (exact) mass is 385 g/mol. The quantitative estimate of drug-likeness (QED) is 0.745. The molecule has 0 bridgehead atoms. The van der Waals surface area contributed by atoms with Crippen LogP contribution in [0.25, 0.3) is 11.0 Å². The molecule has 3 aromatic rings. The topological polar surface area (TPSA) is 88.8 Å². The zero-order valence-corrected chi connectivity index (χ0v) is 15.9. The van der Waals surface area contributed by atoms with Crippen LogP contribution >= 0.6 is 11.6 Å². The Bertz CT molecular complexity index is 985. The zero-order chi connectivity index (χ0) is 19.0. The molecule has 1 aliphatic rings. The Hall–Kier alpha value is -2.74. The lowest BCUT2D eigenvalue weighted by molar-refractivity contribution is -0.120. The molecule has 0 spiro atoms. The second-order valence-electron chi connectivity index (χ2n) is 6.74. The highest BCUT2D eigenvalue weighted by Gasteiger charge is 2.28. The van der Waals surface area contributed by atoms with Crippen LogP contribution in [0.15, 0.2) is 24.5 Å². The van der Waals surface area contributed by atoms with Gasteiger partial charge >= 0.3 is 0 Å². The molecule has 1 atom stereocenters. The van der Waals surface area contributed by atoms with Crippen LogP contribution in [-0.4, -0.2) is 43.7 Å². The van der Waals surface area contributed by atoms with E-state index in [2.05, 4.69) is 30.3 Å². The van der Waals surface area contributed by atoms with Crippen LogP contribution in [0.5, 0.6) is 0 Å². The van der Waals surface area contributed by atoms with Crippen LogP contribution < -0.4 is 10.2 Å². The summed E-state index contributed by atoms with van der Waals surface area (Å²) in [6.45, 7) is 3.32. The first-order valence-electron chi connectivity index (χ1n) is 8.85. The minimum atomic E-state index is -0.141. The standard InChI is InChI=1S/C18H20ClN7O/c1-11-22-16-14(9-21-25(16)2)17(23-11)26-7-3-4-12(10-26)18(27)24-15-6-5-13(19)8-20-15/h5-6,8-9,12H,3-4,7,10H2,1-2H3,(H,20,24,27)/t12-/m0/s1. The molecule has 1 aliphatic heterocycles. The number of hydrogen-bond acceptors (Lipinski definition) is 6. The van der Waals surface area contributed by atoms with E-state index in [1.54, 1.807) is 23.0 Å². The third kappa shape index (κ3) is 3.57. The summed E-state index contributed by atoms with van der Waals surface area (Å²) in [5.41, 5.74) is 0.800. The van der Waals surface area contributed by atoms with Gasteiger partial charge in [-0.25, -0.2) is 15.0 Å². The molecule has 8 nitrogen and oxygen atoms in total. The molecule has 1 fully saturated rings. The Labute approximate surface area is 161 Å². The predicted molar refractivity (Wildman–Crippen MR) is 104 cm³/mol. The van der Waals surface area contributed by atoms with Crippen LogP contribution in [0.1, 0.15) is 18.7 Å². The van der Waals surface area contributed by atoms with Crippen molar-refractivity contribution in [2.75, 3.05) is 23.3 Å². The number of carbonyl (C=O) groups is 1. The number of amides is 1. The van der Waals surface area contributed by atoms with Gasteiger partial charge in [0.1, 0.15) is 17.5 Å². The molecular weight excluding hydrogens is 366 g/mol. The fraction of sp³-hybridized carbons (Fsp3) is 0.389. The highest BCUT2D eigenvalue weighted by atomic mass is 35.5. The minimum Gasteiger partial charge on any atom is -0.355 e. The number of piperidine rings is 1. The summed E-state index contributed by atoms with van der Waals surface area (Å²) in [6.07, 6.45) is 5.05. The molecule has 0 aliphatic carbocycles. The number of pyridine rings is 1. The summed E-state index contributed by atoms with van der Waals surface area (Å²) >= 11 is 5.85. The molecule has 4 heterocycles. The summed E-state index contributed by atoms with van der Waals surface area (Å²) in [7, 11) is 1.87. The van der Waals surface area contributed by atoms with Crippen molar-refractivity contribution in [3.8, 4) is 0 Å². The van der Waals surface area contributed by atoms with Crippen LogP contribution in [0.2, 0.25) is 5.02 Å². The Morgan fingerprint density at radius 3 is 2.93 bits per heavy atom. The third-order valence-electron chi connectivity index (χ3n) is 4.75. The van der Waals surface area contributed by atoms with E-state index in [4.69, 9.17) is 11.6 Å². The van der Waals surface area contributed by atoms with E-state index in [9.17, 15) is 4.79 Å². The van der Waals surface area contributed by atoms with Crippen molar-refractivity contribution in [2.45, 2.75) is 19.8 Å². The fourth-order valence-corrected chi connectivity index (χ4v) is 3.53. The van der Waals surface area contributed by atoms with Crippen molar-refractivity contribution < 1.29 is 4.79 Å². The van der Waals surface area contributed by atoms with Gasteiger partial charge < -0.3 is 10.2 Å². The van der Waals surface area contributed by atoms with E-state index >= 15 is 0 Å². The Balaban J connectivity index is 1.54. The molecule has 0 radical (unpaired) electrons. The van der Waals surface area contributed by atoms with Gasteiger partial charge in [-0.15, -0.1) is 0 Å². The van der Waals surface area contributed by atoms with Gasteiger partial charge in [-0.2, -0.15) is 5.10 Å². The van der Waals surface area contributed by atoms with Crippen LogP contribution in [-0.2, 0) is 11.8 Å². The van der Waals surface area contributed by atoms with Gasteiger partial charge in [-0.1, -0.05) is 11.6 Å². The lowest BCUT2D eigenvalue weighted by Crippen LogP contribution is -2.41. The lowest BCUT2D eigenvalue weighted by Gasteiger charge is -2.33. The van der Waals surface area contributed by atoms with Crippen molar-refractivity contribution in [1.82, 2.24) is 24.7 Å². The summed E-state index contributed by atoms with van der Waals surface area (Å²) in [5, 5.41) is 8.62. The second kappa shape index (κ2) is 7.11. The Kier molecular flexibility index (Phi) is 4.65. The first kappa shape index (κ1) is 17.7. The van der Waals surface area contributed by atoms with Gasteiger partial charge in [-0.3, -0.25) is 9.48 Å². The number of halogens is 1. The number of aryl methyl sites for hydroxylation is 2. The molecule has 1 N–H and O–H groups in total. The largest absolute Gasteiger partial charge is 0.355 e. The molecule has 3 aromatic heterocycles. The molecule has 140 valence electrons. The van der Waals surface area contributed by atoms with Gasteiger partial charge in [0.15, 0.2) is 5.65 Å². The van der Waals surface area contributed by atoms with E-state index in [0.29, 0.717) is 23.2 Å². The highest BCUT2D eigenvalue weighted by Crippen LogP contribution is 2.28. The number of anilines is 2. The van der Waals surface area contributed by atoms with Gasteiger partial charge in [0, 0.05) is 26.3 Å². The van der Waals surface area contributed by atoms with Gasteiger partial charge in [0.2, 0.25) is 5.91 Å². The Morgan fingerprint density at radius 2 is 2.15 bits per heavy atom. The molecule has 1 amide bonds. The average molecular weight is 386 g/mol. The second-order valence-corrected chi connectivity index (χ2v) is 7.17.